The van der Waals surface area contributed by atoms with Crippen molar-refractivity contribution < 1.29 is 29.7 Å². The summed E-state index contributed by atoms with van der Waals surface area (Å²) >= 11 is 16.6. The molecule has 11 heteroatoms. The van der Waals surface area contributed by atoms with Crippen LogP contribution in [-0.2, 0) is 14.4 Å². The quantitative estimate of drug-likeness (QED) is 0.153. The van der Waals surface area contributed by atoms with Crippen molar-refractivity contribution in [1.82, 2.24) is 0 Å². The van der Waals surface area contributed by atoms with Crippen LogP contribution < -0.4 is 0 Å². The molecule has 1 atom stereocenters. The zero-order valence-electron chi connectivity index (χ0n) is 14.9. The Bertz CT molecular complexity index is 375. The molecule has 3 N–H and O–H groups in total. The minimum atomic E-state index is -0.981. The number of carboxylic acids is 3. The summed E-state index contributed by atoms with van der Waals surface area (Å²) in [5.74, 6) is 3.44. The second kappa shape index (κ2) is 30.1. The van der Waals surface area contributed by atoms with Crippen LogP contribution >= 0.6 is 61.4 Å². The normalized spacial score (nSPS) is 9.44. The second-order valence-electron chi connectivity index (χ2n) is 3.82. The zero-order valence-corrected chi connectivity index (χ0v) is 19.2. The molecule has 0 saturated carbocycles. The van der Waals surface area contributed by atoms with Crippen molar-refractivity contribution in [3.05, 3.63) is 38.0 Å². The van der Waals surface area contributed by atoms with Crippen LogP contribution in [0.4, 0.5) is 0 Å². The summed E-state index contributed by atoms with van der Waals surface area (Å²) in [4.78, 5) is 27.8. The van der Waals surface area contributed by atoms with Crippen LogP contribution in [-0.4, -0.2) is 73.0 Å². The SMILES string of the molecule is C=CC(=O)O.C=CC(=O)O.C=CC(=O)O.SCCSCC(CS)SCCS. The molecule has 0 amide bonds. The van der Waals surface area contributed by atoms with E-state index in [0.29, 0.717) is 5.25 Å². The Kier molecular flexibility index (Phi) is 37.8. The van der Waals surface area contributed by atoms with Crippen LogP contribution in [0, 0.1) is 0 Å². The van der Waals surface area contributed by atoms with Crippen LogP contribution in [0.25, 0.3) is 0 Å². The van der Waals surface area contributed by atoms with Crippen molar-refractivity contribution >= 4 is 79.3 Å². The largest absolute Gasteiger partial charge is 0.478 e. The van der Waals surface area contributed by atoms with E-state index in [9.17, 15) is 14.4 Å². The van der Waals surface area contributed by atoms with E-state index in [1.165, 1.54) is 5.75 Å². The lowest BCUT2D eigenvalue weighted by Crippen LogP contribution is -2.10. The Balaban J connectivity index is -0.000000147. The van der Waals surface area contributed by atoms with Gasteiger partial charge in [-0.25, -0.2) is 14.4 Å². The fourth-order valence-corrected chi connectivity index (χ4v) is 3.87. The van der Waals surface area contributed by atoms with Crippen LogP contribution in [0.15, 0.2) is 38.0 Å². The summed E-state index contributed by atoms with van der Waals surface area (Å²) in [6.45, 7) is 8.88. The van der Waals surface area contributed by atoms with Crippen LogP contribution in [0.5, 0.6) is 0 Å². The number of hydrogen-bond donors (Lipinski definition) is 6. The smallest absolute Gasteiger partial charge is 0.327 e. The summed E-state index contributed by atoms with van der Waals surface area (Å²) in [5.41, 5.74) is 0. The monoisotopic (exact) mass is 476 g/mol. The molecule has 0 heterocycles. The Morgan fingerprint density at radius 3 is 1.37 bits per heavy atom. The lowest BCUT2D eigenvalue weighted by molar-refractivity contribution is -0.132. The molecule has 0 aliphatic heterocycles. The number of thiol groups is 3. The fourth-order valence-electron chi connectivity index (χ4n) is 0.652. The Labute approximate surface area is 186 Å². The Morgan fingerprint density at radius 2 is 1.15 bits per heavy atom. The molecule has 0 aromatic rings. The molecule has 27 heavy (non-hydrogen) atoms. The highest BCUT2D eigenvalue weighted by atomic mass is 32.2. The molecule has 6 nitrogen and oxygen atoms in total. The third kappa shape index (κ3) is 51.7. The van der Waals surface area contributed by atoms with Crippen LogP contribution in [0.2, 0.25) is 0 Å². The maximum absolute atomic E-state index is 9.25. The predicted octanol–water partition coefficient (Wildman–Crippen LogP) is 3.38. The van der Waals surface area contributed by atoms with E-state index in [1.807, 2.05) is 23.5 Å². The van der Waals surface area contributed by atoms with Crippen molar-refractivity contribution in [2.75, 3.05) is 34.5 Å². The average molecular weight is 477 g/mol. The lowest BCUT2D eigenvalue weighted by atomic mass is 10.5. The van der Waals surface area contributed by atoms with E-state index >= 15 is 0 Å². The van der Waals surface area contributed by atoms with Gasteiger partial charge in [0.05, 0.1) is 0 Å². The number of aliphatic carboxylic acids is 3. The first kappa shape index (κ1) is 33.9. The number of hydrogen-bond acceptors (Lipinski definition) is 8. The van der Waals surface area contributed by atoms with Gasteiger partial charge in [-0.1, -0.05) is 19.7 Å². The van der Waals surface area contributed by atoms with Crippen LogP contribution in [0.1, 0.15) is 0 Å². The van der Waals surface area contributed by atoms with Gasteiger partial charge in [0.2, 0.25) is 0 Å². The standard InChI is InChI=1S/C7H16S5.3C3H4O2/c8-1-3-11-6-7(5-10)12-4-2-9;3*1-2-3(4)5/h7-10H,1-6H2;3*2H,1H2,(H,4,5). The first-order valence-corrected chi connectivity index (χ1v) is 11.3. The molecule has 0 aliphatic rings. The maximum Gasteiger partial charge on any atom is 0.327 e. The highest BCUT2D eigenvalue weighted by Crippen LogP contribution is 2.18. The van der Waals surface area contributed by atoms with Gasteiger partial charge >= 0.3 is 17.9 Å². The van der Waals surface area contributed by atoms with Gasteiger partial charge in [-0.05, 0) is 11.5 Å². The third-order valence-corrected chi connectivity index (χ3v) is 6.04. The van der Waals surface area contributed by atoms with Gasteiger partial charge < -0.3 is 15.3 Å². The molecule has 0 aromatic heterocycles. The van der Waals surface area contributed by atoms with Crippen molar-refractivity contribution in [2.45, 2.75) is 5.25 Å². The number of rotatable bonds is 11. The molecular weight excluding hydrogens is 449 g/mol. The number of carboxylic acid groups (broad SMARTS) is 3. The second-order valence-corrected chi connectivity index (χ2v) is 7.64. The van der Waals surface area contributed by atoms with Gasteiger partial charge in [0.25, 0.3) is 0 Å². The number of thioether (sulfide) groups is 2. The van der Waals surface area contributed by atoms with E-state index in [2.05, 4.69) is 57.6 Å². The van der Waals surface area contributed by atoms with Gasteiger partial charge in [0, 0.05) is 46.5 Å². The summed E-state index contributed by atoms with van der Waals surface area (Å²) in [5, 5.41) is 23.5. The molecule has 0 spiro atoms. The van der Waals surface area contributed by atoms with Crippen molar-refractivity contribution in [2.24, 2.45) is 0 Å². The highest BCUT2D eigenvalue weighted by molar-refractivity contribution is 8.04. The van der Waals surface area contributed by atoms with Crippen LogP contribution in [0.3, 0.4) is 0 Å². The molecule has 0 aliphatic carbocycles. The summed E-state index contributed by atoms with van der Waals surface area (Å²) < 4.78 is 0. The maximum atomic E-state index is 9.25. The zero-order chi connectivity index (χ0) is 22.1. The minimum Gasteiger partial charge on any atom is -0.478 e. The first-order valence-electron chi connectivity index (χ1n) is 7.24. The highest BCUT2D eigenvalue weighted by Gasteiger charge is 2.05. The van der Waals surface area contributed by atoms with Gasteiger partial charge in [0.15, 0.2) is 0 Å². The molecule has 0 fully saturated rings. The topological polar surface area (TPSA) is 112 Å². The lowest BCUT2D eigenvalue weighted by Gasteiger charge is -2.12. The van der Waals surface area contributed by atoms with E-state index < -0.39 is 17.9 Å². The van der Waals surface area contributed by atoms with Gasteiger partial charge in [-0.2, -0.15) is 61.4 Å². The number of carbonyl (C=O) groups is 3. The average Bonchev–Trinajstić information content (AvgIpc) is 2.65. The fraction of sp³-hybridized carbons (Fsp3) is 0.438. The molecule has 0 bridgehead atoms. The first-order chi connectivity index (χ1) is 12.7. The van der Waals surface area contributed by atoms with E-state index in [-0.39, 0.29) is 0 Å². The van der Waals surface area contributed by atoms with Crippen molar-refractivity contribution in [3.63, 3.8) is 0 Å². The van der Waals surface area contributed by atoms with E-state index in [4.69, 9.17) is 15.3 Å². The predicted molar refractivity (Wildman–Crippen MR) is 129 cm³/mol. The molecule has 0 radical (unpaired) electrons. The van der Waals surface area contributed by atoms with E-state index in [1.54, 1.807) is 0 Å². The van der Waals surface area contributed by atoms with Gasteiger partial charge in [0.1, 0.15) is 0 Å². The van der Waals surface area contributed by atoms with E-state index in [0.717, 1.165) is 47.0 Å². The Morgan fingerprint density at radius 1 is 0.815 bits per heavy atom. The molecule has 1 unspecified atom stereocenters. The molecule has 0 rings (SSSR count). The molecule has 158 valence electrons. The van der Waals surface area contributed by atoms with Crippen molar-refractivity contribution in [3.8, 4) is 0 Å². The summed E-state index contributed by atoms with van der Waals surface area (Å²) in [7, 11) is 0. The molecule has 0 aromatic carbocycles. The Hall–Kier alpha value is -0.620. The molecular formula is C16H28O6S5. The van der Waals surface area contributed by atoms with Gasteiger partial charge in [-0.15, -0.1) is 0 Å². The van der Waals surface area contributed by atoms with Gasteiger partial charge in [-0.3, -0.25) is 0 Å². The molecule has 0 saturated heterocycles. The van der Waals surface area contributed by atoms with Crippen molar-refractivity contribution in [1.29, 1.82) is 0 Å². The summed E-state index contributed by atoms with van der Waals surface area (Å²) in [6.07, 6.45) is 2.50. The summed E-state index contributed by atoms with van der Waals surface area (Å²) in [6, 6.07) is 0. The minimum absolute atomic E-state index is 0.686. The third-order valence-electron chi connectivity index (χ3n) is 1.71.